The van der Waals surface area contributed by atoms with Crippen LogP contribution in [0.3, 0.4) is 0 Å². The fraction of sp³-hybridized carbons (Fsp3) is 0.476. The smallest absolute Gasteiger partial charge is 0.287 e. The molecule has 148 valence electrons. The molecular formula is C21H26N4O3. The van der Waals surface area contributed by atoms with Crippen LogP contribution in [-0.2, 0) is 19.4 Å². The topological polar surface area (TPSA) is 85.2 Å². The lowest BCUT2D eigenvalue weighted by Crippen LogP contribution is -2.29. The van der Waals surface area contributed by atoms with Crippen molar-refractivity contribution >= 4 is 11.8 Å². The van der Waals surface area contributed by atoms with Crippen LogP contribution in [0.2, 0.25) is 0 Å². The maximum absolute atomic E-state index is 12.7. The number of hydrogen-bond donors (Lipinski definition) is 2. The monoisotopic (exact) mass is 382 g/mol. The zero-order chi connectivity index (χ0) is 19.5. The molecule has 1 saturated carbocycles. The highest BCUT2D eigenvalue weighted by Gasteiger charge is 2.30. The lowest BCUT2D eigenvalue weighted by atomic mass is 10.1. The molecule has 0 spiro atoms. The summed E-state index contributed by atoms with van der Waals surface area (Å²) in [7, 11) is 1.64. The molecule has 2 amide bonds. The van der Waals surface area contributed by atoms with Gasteiger partial charge in [0.2, 0.25) is 0 Å². The minimum atomic E-state index is -0.204. The van der Waals surface area contributed by atoms with Gasteiger partial charge in [0.1, 0.15) is 11.4 Å². The number of amides is 2. The van der Waals surface area contributed by atoms with Gasteiger partial charge in [0, 0.05) is 19.1 Å². The van der Waals surface area contributed by atoms with Crippen LogP contribution in [-0.4, -0.2) is 41.1 Å². The molecule has 0 bridgehead atoms. The number of rotatable bonds is 7. The van der Waals surface area contributed by atoms with Gasteiger partial charge in [-0.2, -0.15) is 0 Å². The molecule has 0 radical (unpaired) electrons. The van der Waals surface area contributed by atoms with Gasteiger partial charge in [-0.15, -0.1) is 0 Å². The molecule has 0 atom stereocenters. The summed E-state index contributed by atoms with van der Waals surface area (Å²) >= 11 is 0. The Labute approximate surface area is 164 Å². The van der Waals surface area contributed by atoms with Crippen molar-refractivity contribution in [1.82, 2.24) is 20.2 Å². The van der Waals surface area contributed by atoms with Gasteiger partial charge < -0.3 is 19.9 Å². The SMILES string of the molecule is COc1ccc(CCNC(=O)c2nc(C(=O)NC3CC3)n3c2CCCC3)cc1. The Morgan fingerprint density at radius 2 is 1.96 bits per heavy atom. The molecular weight excluding hydrogens is 356 g/mol. The van der Waals surface area contributed by atoms with E-state index in [2.05, 4.69) is 15.6 Å². The van der Waals surface area contributed by atoms with Crippen LogP contribution in [0.5, 0.6) is 5.75 Å². The van der Waals surface area contributed by atoms with E-state index in [0.29, 0.717) is 18.1 Å². The van der Waals surface area contributed by atoms with Crippen molar-refractivity contribution in [3.8, 4) is 5.75 Å². The standard InChI is InChI=1S/C21H26N4O3/c1-28-16-9-5-14(6-10-16)11-12-22-20(26)18-17-4-2-3-13-25(17)19(24-18)21(27)23-15-7-8-15/h5-6,9-10,15H,2-4,7-8,11-13H2,1H3,(H,22,26)(H,23,27). The first-order chi connectivity index (χ1) is 13.7. The Bertz CT molecular complexity index is 869. The van der Waals surface area contributed by atoms with E-state index in [0.717, 1.165) is 62.1 Å². The third-order valence-corrected chi connectivity index (χ3v) is 5.31. The zero-order valence-corrected chi connectivity index (χ0v) is 16.2. The Morgan fingerprint density at radius 3 is 2.68 bits per heavy atom. The van der Waals surface area contributed by atoms with Gasteiger partial charge >= 0.3 is 0 Å². The number of benzene rings is 1. The van der Waals surface area contributed by atoms with Crippen LogP contribution in [0.25, 0.3) is 0 Å². The highest BCUT2D eigenvalue weighted by atomic mass is 16.5. The number of carbonyl (C=O) groups is 2. The third kappa shape index (κ3) is 4.03. The first-order valence-corrected chi connectivity index (χ1v) is 9.97. The largest absolute Gasteiger partial charge is 0.497 e. The van der Waals surface area contributed by atoms with Crippen molar-refractivity contribution in [3.63, 3.8) is 0 Å². The highest BCUT2D eigenvalue weighted by molar-refractivity contribution is 5.97. The van der Waals surface area contributed by atoms with Gasteiger partial charge in [0.15, 0.2) is 5.82 Å². The van der Waals surface area contributed by atoms with E-state index in [-0.39, 0.29) is 17.9 Å². The minimum Gasteiger partial charge on any atom is -0.497 e. The van der Waals surface area contributed by atoms with Gasteiger partial charge in [0.25, 0.3) is 11.8 Å². The molecule has 1 aromatic heterocycles. The van der Waals surface area contributed by atoms with Gasteiger partial charge in [-0.05, 0) is 56.2 Å². The minimum absolute atomic E-state index is 0.164. The van der Waals surface area contributed by atoms with Crippen molar-refractivity contribution in [3.05, 3.63) is 47.0 Å². The van der Waals surface area contributed by atoms with E-state index in [1.54, 1.807) is 7.11 Å². The second-order valence-electron chi connectivity index (χ2n) is 7.44. The molecule has 2 N–H and O–H groups in total. The van der Waals surface area contributed by atoms with Crippen molar-refractivity contribution in [2.24, 2.45) is 0 Å². The molecule has 2 aliphatic rings. The van der Waals surface area contributed by atoms with E-state index in [1.165, 1.54) is 0 Å². The number of ether oxygens (including phenoxy) is 1. The molecule has 7 heteroatoms. The van der Waals surface area contributed by atoms with Crippen LogP contribution in [0.1, 0.15) is 58.0 Å². The average molecular weight is 382 g/mol. The quantitative estimate of drug-likeness (QED) is 0.768. The summed E-state index contributed by atoms with van der Waals surface area (Å²) in [6, 6.07) is 8.07. The van der Waals surface area contributed by atoms with Crippen molar-refractivity contribution in [2.75, 3.05) is 13.7 Å². The maximum Gasteiger partial charge on any atom is 0.287 e. The molecule has 1 aromatic carbocycles. The normalized spacial score (nSPS) is 15.6. The molecule has 0 saturated heterocycles. The molecule has 4 rings (SSSR count). The fourth-order valence-electron chi connectivity index (χ4n) is 3.57. The van der Waals surface area contributed by atoms with E-state index in [9.17, 15) is 9.59 Å². The Morgan fingerprint density at radius 1 is 1.18 bits per heavy atom. The number of fused-ring (bicyclic) bond motifs is 1. The summed E-state index contributed by atoms with van der Waals surface area (Å²) in [4.78, 5) is 29.7. The number of nitrogens with one attached hydrogen (secondary N) is 2. The maximum atomic E-state index is 12.7. The summed E-state index contributed by atoms with van der Waals surface area (Å²) in [5.41, 5.74) is 2.40. The van der Waals surface area contributed by atoms with Crippen molar-refractivity contribution < 1.29 is 14.3 Å². The van der Waals surface area contributed by atoms with Crippen LogP contribution < -0.4 is 15.4 Å². The van der Waals surface area contributed by atoms with Gasteiger partial charge in [-0.1, -0.05) is 12.1 Å². The molecule has 2 heterocycles. The molecule has 1 aliphatic heterocycles. The first kappa shape index (κ1) is 18.5. The summed E-state index contributed by atoms with van der Waals surface area (Å²) in [5, 5.41) is 5.94. The molecule has 1 aliphatic carbocycles. The first-order valence-electron chi connectivity index (χ1n) is 9.97. The molecule has 0 unspecified atom stereocenters. The van der Waals surface area contributed by atoms with Gasteiger partial charge in [-0.25, -0.2) is 4.98 Å². The molecule has 2 aromatic rings. The fourth-order valence-corrected chi connectivity index (χ4v) is 3.57. The van der Waals surface area contributed by atoms with E-state index >= 15 is 0 Å². The van der Waals surface area contributed by atoms with Crippen LogP contribution in [0, 0.1) is 0 Å². The number of imidazole rings is 1. The van der Waals surface area contributed by atoms with Crippen molar-refractivity contribution in [1.29, 1.82) is 0 Å². The Kier molecular flexibility index (Phi) is 5.32. The lowest BCUT2D eigenvalue weighted by molar-refractivity contribution is 0.0935. The molecule has 28 heavy (non-hydrogen) atoms. The predicted octanol–water partition coefficient (Wildman–Crippen LogP) is 2.09. The third-order valence-electron chi connectivity index (χ3n) is 5.31. The number of nitrogens with zero attached hydrogens (tertiary/aromatic N) is 2. The number of hydrogen-bond acceptors (Lipinski definition) is 4. The Hall–Kier alpha value is -2.83. The van der Waals surface area contributed by atoms with Crippen LogP contribution in [0.15, 0.2) is 24.3 Å². The second kappa shape index (κ2) is 8.04. The van der Waals surface area contributed by atoms with Gasteiger partial charge in [0.05, 0.1) is 12.8 Å². The van der Waals surface area contributed by atoms with Crippen molar-refractivity contribution in [2.45, 2.75) is 51.1 Å². The van der Waals surface area contributed by atoms with E-state index in [4.69, 9.17) is 4.74 Å². The number of methoxy groups -OCH3 is 1. The molecule has 1 fully saturated rings. The lowest BCUT2D eigenvalue weighted by Gasteiger charge is -2.17. The second-order valence-corrected chi connectivity index (χ2v) is 7.44. The van der Waals surface area contributed by atoms with E-state index in [1.807, 2.05) is 28.8 Å². The highest BCUT2D eigenvalue weighted by Crippen LogP contribution is 2.23. The average Bonchev–Trinajstić information content (AvgIpc) is 3.45. The zero-order valence-electron chi connectivity index (χ0n) is 16.2. The number of carbonyl (C=O) groups excluding carboxylic acids is 2. The molecule has 7 nitrogen and oxygen atoms in total. The summed E-state index contributed by atoms with van der Waals surface area (Å²) in [6.07, 6.45) is 5.58. The number of aromatic nitrogens is 2. The Balaban J connectivity index is 1.42. The van der Waals surface area contributed by atoms with E-state index < -0.39 is 0 Å². The van der Waals surface area contributed by atoms with Crippen LogP contribution >= 0.6 is 0 Å². The van der Waals surface area contributed by atoms with Crippen LogP contribution in [0.4, 0.5) is 0 Å². The van der Waals surface area contributed by atoms with Gasteiger partial charge in [-0.3, -0.25) is 9.59 Å². The summed E-state index contributed by atoms with van der Waals surface area (Å²) in [6.45, 7) is 1.26. The summed E-state index contributed by atoms with van der Waals surface area (Å²) < 4.78 is 7.09. The predicted molar refractivity (Wildman–Crippen MR) is 105 cm³/mol. The summed E-state index contributed by atoms with van der Waals surface area (Å²) in [5.74, 6) is 0.823.